The molecular formula is C17H20FN3O4. The van der Waals surface area contributed by atoms with Gasteiger partial charge in [-0.1, -0.05) is 12.1 Å². The van der Waals surface area contributed by atoms with E-state index in [9.17, 15) is 14.0 Å². The number of halogens is 1. The topological polar surface area (TPSA) is 82.4 Å². The molecule has 1 N–H and O–H groups in total. The van der Waals surface area contributed by atoms with E-state index in [2.05, 4.69) is 10.4 Å². The van der Waals surface area contributed by atoms with Crippen molar-refractivity contribution < 1.29 is 18.7 Å². The zero-order chi connectivity index (χ0) is 18.2. The maximum absolute atomic E-state index is 14.0. The Bertz CT molecular complexity index is 792. The van der Waals surface area contributed by atoms with Gasteiger partial charge in [0.1, 0.15) is 11.5 Å². The van der Waals surface area contributed by atoms with Gasteiger partial charge in [0.05, 0.1) is 19.8 Å². The van der Waals surface area contributed by atoms with Crippen LogP contribution in [0.5, 0.6) is 0 Å². The Labute approximate surface area is 144 Å². The van der Waals surface area contributed by atoms with E-state index in [0.29, 0.717) is 18.9 Å². The summed E-state index contributed by atoms with van der Waals surface area (Å²) in [6.07, 6.45) is 0. The van der Waals surface area contributed by atoms with Gasteiger partial charge in [0.2, 0.25) is 5.43 Å². The molecule has 0 aliphatic heterocycles. The second-order valence-electron chi connectivity index (χ2n) is 5.22. The van der Waals surface area contributed by atoms with Crippen LogP contribution >= 0.6 is 0 Å². The molecular weight excluding hydrogens is 329 g/mol. The van der Waals surface area contributed by atoms with E-state index in [1.165, 1.54) is 22.9 Å². The van der Waals surface area contributed by atoms with Crippen LogP contribution in [0, 0.1) is 12.7 Å². The van der Waals surface area contributed by atoms with Crippen molar-refractivity contribution in [2.45, 2.75) is 6.92 Å². The molecule has 1 amide bonds. The molecule has 134 valence electrons. The molecule has 0 atom stereocenters. The van der Waals surface area contributed by atoms with Crippen molar-refractivity contribution in [1.29, 1.82) is 0 Å². The summed E-state index contributed by atoms with van der Waals surface area (Å²) in [6.45, 7) is 2.99. The summed E-state index contributed by atoms with van der Waals surface area (Å²) in [5.41, 5.74) is -0.236. The highest BCUT2D eigenvalue weighted by molar-refractivity contribution is 5.92. The van der Waals surface area contributed by atoms with Crippen LogP contribution in [0.2, 0.25) is 0 Å². The number of hydrogen-bond acceptors (Lipinski definition) is 5. The van der Waals surface area contributed by atoms with Crippen molar-refractivity contribution in [2.75, 3.05) is 33.5 Å². The molecule has 1 aromatic heterocycles. The minimum absolute atomic E-state index is 0.164. The third-order valence-electron chi connectivity index (χ3n) is 3.37. The number of aryl methyl sites for hydroxylation is 1. The number of hydrogen-bond donors (Lipinski definition) is 1. The summed E-state index contributed by atoms with van der Waals surface area (Å²) >= 11 is 0. The van der Waals surface area contributed by atoms with Crippen molar-refractivity contribution in [3.05, 3.63) is 57.8 Å². The van der Waals surface area contributed by atoms with Crippen molar-refractivity contribution in [1.82, 2.24) is 15.1 Å². The number of nitrogens with one attached hydrogen (secondary N) is 1. The number of ether oxygens (including phenoxy) is 2. The van der Waals surface area contributed by atoms with Crippen LogP contribution in [-0.4, -0.2) is 49.2 Å². The Hall–Kier alpha value is -2.58. The number of amides is 1. The van der Waals surface area contributed by atoms with Crippen LogP contribution in [0.3, 0.4) is 0 Å². The van der Waals surface area contributed by atoms with E-state index >= 15 is 0 Å². The minimum Gasteiger partial charge on any atom is -0.382 e. The lowest BCUT2D eigenvalue weighted by molar-refractivity contribution is 0.0691. The van der Waals surface area contributed by atoms with E-state index in [1.54, 1.807) is 26.2 Å². The molecule has 0 aliphatic rings. The van der Waals surface area contributed by atoms with E-state index in [1.807, 2.05) is 0 Å². The second kappa shape index (κ2) is 9.05. The molecule has 7 nitrogen and oxygen atoms in total. The van der Waals surface area contributed by atoms with Gasteiger partial charge in [-0.3, -0.25) is 9.59 Å². The first-order valence-electron chi connectivity index (χ1n) is 7.75. The molecule has 1 heterocycles. The van der Waals surface area contributed by atoms with E-state index in [4.69, 9.17) is 9.47 Å². The summed E-state index contributed by atoms with van der Waals surface area (Å²) < 4.78 is 25.3. The van der Waals surface area contributed by atoms with Crippen LogP contribution in [0.15, 0.2) is 35.1 Å². The highest BCUT2D eigenvalue weighted by atomic mass is 19.1. The van der Waals surface area contributed by atoms with E-state index in [0.717, 1.165) is 0 Å². The normalized spacial score (nSPS) is 10.7. The smallest absolute Gasteiger partial charge is 0.275 e. The van der Waals surface area contributed by atoms with Gasteiger partial charge in [-0.15, -0.1) is 0 Å². The van der Waals surface area contributed by atoms with Gasteiger partial charge in [0, 0.05) is 25.4 Å². The van der Waals surface area contributed by atoms with E-state index < -0.39 is 17.2 Å². The Morgan fingerprint density at radius 3 is 2.76 bits per heavy atom. The van der Waals surface area contributed by atoms with Gasteiger partial charge >= 0.3 is 0 Å². The van der Waals surface area contributed by atoms with Crippen LogP contribution in [-0.2, 0) is 9.47 Å². The third-order valence-corrected chi connectivity index (χ3v) is 3.37. The average molecular weight is 349 g/mol. The first kappa shape index (κ1) is 18.8. The number of rotatable bonds is 8. The SMILES string of the molecule is COCCOCCNC(=O)c1nn(-c2ccccc2F)c(C)cc1=O. The fourth-order valence-electron chi connectivity index (χ4n) is 2.14. The quantitative estimate of drug-likeness (QED) is 0.721. The number of benzene rings is 1. The first-order valence-corrected chi connectivity index (χ1v) is 7.75. The van der Waals surface area contributed by atoms with Crippen molar-refractivity contribution in [2.24, 2.45) is 0 Å². The highest BCUT2D eigenvalue weighted by Gasteiger charge is 2.16. The fourth-order valence-corrected chi connectivity index (χ4v) is 2.14. The fraction of sp³-hybridized carbons (Fsp3) is 0.353. The molecule has 2 aromatic rings. The second-order valence-corrected chi connectivity index (χ2v) is 5.22. The lowest BCUT2D eigenvalue weighted by Gasteiger charge is -2.12. The number of carbonyl (C=O) groups excluding carboxylic acids is 1. The highest BCUT2D eigenvalue weighted by Crippen LogP contribution is 2.12. The number of nitrogens with zero attached hydrogens (tertiary/aromatic N) is 2. The average Bonchev–Trinajstić information content (AvgIpc) is 2.59. The van der Waals surface area contributed by atoms with Crippen LogP contribution < -0.4 is 10.7 Å². The van der Waals surface area contributed by atoms with Gasteiger partial charge < -0.3 is 14.8 Å². The number of carbonyl (C=O) groups is 1. The molecule has 0 spiro atoms. The zero-order valence-electron chi connectivity index (χ0n) is 14.1. The van der Waals surface area contributed by atoms with Gasteiger partial charge in [0.15, 0.2) is 5.69 Å². The largest absolute Gasteiger partial charge is 0.382 e. The number of methoxy groups -OCH3 is 1. The van der Waals surface area contributed by atoms with Crippen LogP contribution in [0.1, 0.15) is 16.2 Å². The lowest BCUT2D eigenvalue weighted by atomic mass is 10.2. The van der Waals surface area contributed by atoms with Crippen molar-refractivity contribution in [3.63, 3.8) is 0 Å². The molecule has 0 fully saturated rings. The van der Waals surface area contributed by atoms with Crippen LogP contribution in [0.4, 0.5) is 4.39 Å². The molecule has 25 heavy (non-hydrogen) atoms. The summed E-state index contributed by atoms with van der Waals surface area (Å²) in [5, 5.41) is 6.58. The standard InChI is InChI=1S/C17H20FN3O4/c1-12-11-15(22)16(17(23)19-7-8-25-10-9-24-2)20-21(12)14-6-4-3-5-13(14)18/h3-6,11H,7-10H2,1-2H3,(H,19,23). The van der Waals surface area contributed by atoms with Crippen molar-refractivity contribution in [3.8, 4) is 5.69 Å². The molecule has 0 saturated carbocycles. The zero-order valence-corrected chi connectivity index (χ0v) is 14.1. The number of para-hydroxylation sites is 1. The van der Waals surface area contributed by atoms with E-state index in [-0.39, 0.29) is 24.5 Å². The molecule has 0 aliphatic carbocycles. The Morgan fingerprint density at radius 1 is 1.28 bits per heavy atom. The summed E-state index contributed by atoms with van der Waals surface area (Å²) in [4.78, 5) is 24.2. The van der Waals surface area contributed by atoms with Crippen LogP contribution in [0.25, 0.3) is 5.69 Å². The Balaban J connectivity index is 2.13. The molecule has 8 heteroatoms. The monoisotopic (exact) mass is 349 g/mol. The molecule has 1 aromatic carbocycles. The molecule has 0 unspecified atom stereocenters. The van der Waals surface area contributed by atoms with Gasteiger partial charge in [-0.25, -0.2) is 9.07 Å². The van der Waals surface area contributed by atoms with Gasteiger partial charge in [-0.2, -0.15) is 5.10 Å². The van der Waals surface area contributed by atoms with Gasteiger partial charge in [-0.05, 0) is 19.1 Å². The van der Waals surface area contributed by atoms with Gasteiger partial charge in [0.25, 0.3) is 5.91 Å². The summed E-state index contributed by atoms with van der Waals surface area (Å²) in [5.74, 6) is -1.13. The summed E-state index contributed by atoms with van der Waals surface area (Å²) in [7, 11) is 1.56. The minimum atomic E-state index is -0.634. The summed E-state index contributed by atoms with van der Waals surface area (Å²) in [6, 6.07) is 7.25. The molecule has 2 rings (SSSR count). The third kappa shape index (κ3) is 4.94. The Morgan fingerprint density at radius 2 is 2.04 bits per heavy atom. The molecule has 0 bridgehead atoms. The predicted octanol–water partition coefficient (Wildman–Crippen LogP) is 1.07. The lowest BCUT2D eigenvalue weighted by Crippen LogP contribution is -2.34. The molecule has 0 saturated heterocycles. The maximum Gasteiger partial charge on any atom is 0.275 e. The molecule has 0 radical (unpaired) electrons. The Kier molecular flexibility index (Phi) is 6.79. The number of aromatic nitrogens is 2. The maximum atomic E-state index is 14.0. The predicted molar refractivity (Wildman–Crippen MR) is 89.6 cm³/mol. The first-order chi connectivity index (χ1) is 12.0. The van der Waals surface area contributed by atoms with Crippen molar-refractivity contribution >= 4 is 5.91 Å².